The summed E-state index contributed by atoms with van der Waals surface area (Å²) >= 11 is 6.97. The van der Waals surface area contributed by atoms with Gasteiger partial charge in [-0.25, -0.2) is 14.8 Å². The quantitative estimate of drug-likeness (QED) is 0.233. The molecule has 2 amide bonds. The number of hydrogen-bond acceptors (Lipinski definition) is 7. The van der Waals surface area contributed by atoms with E-state index in [-0.39, 0.29) is 23.7 Å². The van der Waals surface area contributed by atoms with Gasteiger partial charge in [-0.05, 0) is 75.6 Å². The van der Waals surface area contributed by atoms with Crippen LogP contribution in [-0.4, -0.2) is 71.8 Å². The third kappa shape index (κ3) is 7.11. The lowest BCUT2D eigenvalue weighted by Crippen LogP contribution is -2.49. The van der Waals surface area contributed by atoms with Gasteiger partial charge in [0.15, 0.2) is 5.82 Å². The average molecular weight is 636 g/mol. The Balaban J connectivity index is 1.55. The molecule has 0 radical (unpaired) electrons. The first-order valence-electron chi connectivity index (χ1n) is 16.2. The van der Waals surface area contributed by atoms with Crippen molar-refractivity contribution in [1.82, 2.24) is 25.5 Å². The predicted molar refractivity (Wildman–Crippen MR) is 177 cm³/mol. The Morgan fingerprint density at radius 1 is 1.13 bits per heavy atom. The van der Waals surface area contributed by atoms with Gasteiger partial charge in [0.25, 0.3) is 0 Å². The van der Waals surface area contributed by atoms with Crippen LogP contribution in [0.25, 0.3) is 22.3 Å². The van der Waals surface area contributed by atoms with Crippen molar-refractivity contribution < 1.29 is 19.4 Å². The number of carbonyl (C=O) groups is 2. The second-order valence-corrected chi connectivity index (χ2v) is 13.2. The van der Waals surface area contributed by atoms with Crippen LogP contribution >= 0.6 is 11.6 Å². The van der Waals surface area contributed by atoms with Gasteiger partial charge in [-0.2, -0.15) is 0 Å². The van der Waals surface area contributed by atoms with E-state index in [0.29, 0.717) is 60.5 Å². The number of fused-ring (bicyclic) bond motifs is 1. The van der Waals surface area contributed by atoms with Gasteiger partial charge in [0.05, 0.1) is 28.9 Å². The van der Waals surface area contributed by atoms with Crippen molar-refractivity contribution in [1.29, 1.82) is 0 Å². The largest absolute Gasteiger partial charge is 0.453 e. The fourth-order valence-corrected chi connectivity index (χ4v) is 7.50. The van der Waals surface area contributed by atoms with Crippen LogP contribution < -0.4 is 10.6 Å². The van der Waals surface area contributed by atoms with Crippen molar-refractivity contribution in [2.24, 2.45) is 11.8 Å². The van der Waals surface area contributed by atoms with Crippen LogP contribution in [0.5, 0.6) is 0 Å². The molecule has 242 valence electrons. The topological polar surface area (TPSA) is 117 Å². The van der Waals surface area contributed by atoms with E-state index in [9.17, 15) is 14.7 Å². The molecule has 4 atom stereocenters. The highest BCUT2D eigenvalue weighted by atomic mass is 35.5. The molecule has 1 unspecified atom stereocenters. The number of carbonyl (C=O) groups excluding carboxylic acids is 2. The van der Waals surface area contributed by atoms with Crippen LogP contribution in [0.1, 0.15) is 76.0 Å². The van der Waals surface area contributed by atoms with Gasteiger partial charge in [-0.1, -0.05) is 55.8 Å². The van der Waals surface area contributed by atoms with Crippen LogP contribution in [-0.2, 0) is 15.1 Å². The fraction of sp³-hybridized carbons (Fsp3) is 0.543. The van der Waals surface area contributed by atoms with E-state index in [0.717, 1.165) is 48.7 Å². The number of para-hydroxylation sites is 1. The third-order valence-electron chi connectivity index (χ3n) is 9.67. The Bertz CT molecular complexity index is 1520. The lowest BCUT2D eigenvalue weighted by Gasteiger charge is -2.44. The molecule has 3 N–H and O–H groups in total. The van der Waals surface area contributed by atoms with Gasteiger partial charge in [-0.15, -0.1) is 0 Å². The van der Waals surface area contributed by atoms with Crippen molar-refractivity contribution in [3.63, 3.8) is 0 Å². The minimum absolute atomic E-state index is 0.000680. The maximum Gasteiger partial charge on any atom is 0.406 e. The molecule has 9 nitrogen and oxygen atoms in total. The molecule has 2 heterocycles. The van der Waals surface area contributed by atoms with E-state index in [1.807, 2.05) is 54.4 Å². The van der Waals surface area contributed by atoms with Crippen LogP contribution in [0, 0.1) is 11.8 Å². The highest BCUT2D eigenvalue weighted by Crippen LogP contribution is 2.45. The summed E-state index contributed by atoms with van der Waals surface area (Å²) in [6.45, 7) is 5.67. The molecule has 45 heavy (non-hydrogen) atoms. The molecule has 3 aromatic rings. The maximum absolute atomic E-state index is 13.7. The van der Waals surface area contributed by atoms with Crippen molar-refractivity contribution in [3.8, 4) is 11.4 Å². The molecule has 2 aliphatic rings. The van der Waals surface area contributed by atoms with Gasteiger partial charge in [-0.3, -0.25) is 4.79 Å². The maximum atomic E-state index is 13.7. The molecule has 0 spiro atoms. The Labute approximate surface area is 271 Å². The lowest BCUT2D eigenvalue weighted by molar-refractivity contribution is -0.140. The normalized spacial score (nSPS) is 21.6. The molecule has 1 saturated carbocycles. The zero-order valence-corrected chi connectivity index (χ0v) is 27.6. The SMILES string of the molecule is CN[C@H]1CCC(C(=O)N2CCC[C@@H]([C@@](O)(CCCNC(=O)OC)c3cccc(Cl)c3-c3nc(C(C)C)c4ccccc4n3)C2)C1. The molecular weight excluding hydrogens is 590 g/mol. The summed E-state index contributed by atoms with van der Waals surface area (Å²) in [5.41, 5.74) is 1.61. The summed E-state index contributed by atoms with van der Waals surface area (Å²) in [4.78, 5) is 37.5. The summed E-state index contributed by atoms with van der Waals surface area (Å²) in [6, 6.07) is 13.9. The predicted octanol–water partition coefficient (Wildman–Crippen LogP) is 6.02. The lowest BCUT2D eigenvalue weighted by atomic mass is 9.72. The number of rotatable bonds is 10. The number of likely N-dealkylation sites (tertiary alicyclic amines) is 1. The number of methoxy groups -OCH3 is 1. The molecular formula is C35H46ClN5O4. The third-order valence-corrected chi connectivity index (χ3v) is 9.99. The van der Waals surface area contributed by atoms with Crippen molar-refractivity contribution in [2.75, 3.05) is 33.8 Å². The minimum atomic E-state index is -1.37. The number of nitrogens with zero attached hydrogens (tertiary/aromatic N) is 3. The second-order valence-electron chi connectivity index (χ2n) is 12.8. The number of halogens is 1. The van der Waals surface area contributed by atoms with Crippen molar-refractivity contribution >= 4 is 34.5 Å². The van der Waals surface area contributed by atoms with Crippen LogP contribution in [0.4, 0.5) is 4.79 Å². The number of ether oxygens (including phenoxy) is 1. The minimum Gasteiger partial charge on any atom is -0.453 e. The van der Waals surface area contributed by atoms with E-state index in [1.54, 1.807) is 0 Å². The second kappa shape index (κ2) is 14.4. The number of hydrogen-bond donors (Lipinski definition) is 3. The Kier molecular flexibility index (Phi) is 10.6. The highest BCUT2D eigenvalue weighted by Gasteiger charge is 2.44. The Hall–Kier alpha value is -3.27. The Morgan fingerprint density at radius 2 is 1.93 bits per heavy atom. The zero-order chi connectivity index (χ0) is 32.1. The standard InChI is InChI=1S/C35H46ClN5O4/c1-22(2)31-26-11-5-6-14-29(26)39-32(40-31)30-27(12-7-13-28(30)36)35(44,17-9-18-38-34(43)45-4)24-10-8-19-41(21-24)33(42)23-15-16-25(20-23)37-3/h5-7,11-14,22-25,37,44H,8-10,15-21H2,1-4H3,(H,38,43)/t23?,24-,25+,35+/m1/s1. The number of nitrogens with one attached hydrogen (secondary N) is 2. The molecule has 5 rings (SSSR count). The number of piperidine rings is 1. The molecule has 1 aliphatic heterocycles. The van der Waals surface area contributed by atoms with E-state index < -0.39 is 11.7 Å². The first kappa shape index (κ1) is 33.1. The van der Waals surface area contributed by atoms with Crippen LogP contribution in [0.2, 0.25) is 5.02 Å². The van der Waals surface area contributed by atoms with E-state index in [2.05, 4.69) is 24.5 Å². The highest BCUT2D eigenvalue weighted by molar-refractivity contribution is 6.33. The molecule has 1 aromatic heterocycles. The number of alkyl carbamates (subject to hydrolysis) is 1. The van der Waals surface area contributed by atoms with E-state index >= 15 is 0 Å². The van der Waals surface area contributed by atoms with Gasteiger partial charge in [0.2, 0.25) is 5.91 Å². The van der Waals surface area contributed by atoms with E-state index in [4.69, 9.17) is 26.3 Å². The molecule has 1 saturated heterocycles. The van der Waals surface area contributed by atoms with Gasteiger partial charge < -0.3 is 25.4 Å². The zero-order valence-electron chi connectivity index (χ0n) is 26.8. The smallest absolute Gasteiger partial charge is 0.406 e. The number of aliphatic hydroxyl groups is 1. The first-order chi connectivity index (χ1) is 21.7. The number of benzene rings is 2. The molecule has 2 fully saturated rings. The monoisotopic (exact) mass is 635 g/mol. The molecule has 1 aliphatic carbocycles. The van der Waals surface area contributed by atoms with E-state index in [1.165, 1.54) is 7.11 Å². The van der Waals surface area contributed by atoms with Crippen molar-refractivity contribution in [3.05, 3.63) is 58.7 Å². The summed E-state index contributed by atoms with van der Waals surface area (Å²) in [6.07, 6.45) is 4.57. The Morgan fingerprint density at radius 3 is 2.67 bits per heavy atom. The van der Waals surface area contributed by atoms with Crippen LogP contribution in [0.3, 0.4) is 0 Å². The molecule has 10 heteroatoms. The fourth-order valence-electron chi connectivity index (χ4n) is 7.24. The number of amides is 2. The number of aromatic nitrogens is 2. The van der Waals surface area contributed by atoms with Gasteiger partial charge >= 0.3 is 6.09 Å². The first-order valence-corrected chi connectivity index (χ1v) is 16.6. The molecule has 0 bridgehead atoms. The van der Waals surface area contributed by atoms with Gasteiger partial charge in [0, 0.05) is 48.5 Å². The summed E-state index contributed by atoms with van der Waals surface area (Å²) in [7, 11) is 3.28. The summed E-state index contributed by atoms with van der Waals surface area (Å²) < 4.78 is 4.75. The van der Waals surface area contributed by atoms with Crippen LogP contribution in [0.15, 0.2) is 42.5 Å². The average Bonchev–Trinajstić information content (AvgIpc) is 3.55. The summed E-state index contributed by atoms with van der Waals surface area (Å²) in [5.74, 6) is 0.537. The summed E-state index contributed by atoms with van der Waals surface area (Å²) in [5, 5.41) is 20.4. The molecule has 2 aromatic carbocycles. The van der Waals surface area contributed by atoms with Crippen molar-refractivity contribution in [2.45, 2.75) is 76.4 Å². The van der Waals surface area contributed by atoms with Gasteiger partial charge in [0.1, 0.15) is 0 Å².